The van der Waals surface area contributed by atoms with E-state index in [-0.39, 0.29) is 68.0 Å². The molecule has 4 heterocycles. The quantitative estimate of drug-likeness (QED) is 0.166. The van der Waals surface area contributed by atoms with Crippen molar-refractivity contribution in [3.8, 4) is 23.0 Å². The van der Waals surface area contributed by atoms with E-state index in [9.17, 15) is 30.0 Å². The minimum atomic E-state index is -1.15. The minimum absolute atomic E-state index is 0.0117. The van der Waals surface area contributed by atoms with E-state index < -0.39 is 46.5 Å². The molecule has 326 valence electrons. The normalized spacial score (nSPS) is 37.1. The number of benzene rings is 2. The van der Waals surface area contributed by atoms with Gasteiger partial charge in [-0.15, -0.1) is 0 Å². The maximum atomic E-state index is 13.3. The highest BCUT2D eigenvalue weighted by atomic mass is 16.7. The van der Waals surface area contributed by atoms with E-state index in [0.717, 1.165) is 48.4 Å². The van der Waals surface area contributed by atoms with Gasteiger partial charge in [0.05, 0.1) is 28.6 Å². The number of phenolic OH excluding ortho intramolecular Hbond substituents is 2. The SMILES string of the molecule is O=C(CCCOCCOC(=O)OC1=CC[C@]2(O)[C@@H]3Cc4ccc(O)c5c4[C@]2(CCN3CC2CC2)[C@@H]1O5)OC1CC[C@]2(O)[C@@H]3Cc4ccc(O)c5c4[C@]2(CCN3CC2CC2)[C@@H]1O5. The highest BCUT2D eigenvalue weighted by molar-refractivity contribution is 5.70. The lowest BCUT2D eigenvalue weighted by atomic mass is 9.48. The average Bonchev–Trinajstić information content (AvgIpc) is 4.17. The van der Waals surface area contributed by atoms with Crippen LogP contribution in [-0.2, 0) is 47.4 Å². The maximum absolute atomic E-state index is 13.3. The van der Waals surface area contributed by atoms with Crippen molar-refractivity contribution in [2.45, 2.75) is 136 Å². The molecule has 9 atom stereocenters. The van der Waals surface area contributed by atoms with Gasteiger partial charge in [-0.05, 0) is 125 Å². The molecule has 0 aromatic heterocycles. The van der Waals surface area contributed by atoms with Crippen molar-refractivity contribution in [2.75, 3.05) is 46.0 Å². The van der Waals surface area contributed by atoms with Gasteiger partial charge in [-0.2, -0.15) is 0 Å². The van der Waals surface area contributed by atoms with Crippen LogP contribution < -0.4 is 9.47 Å². The molecule has 2 aromatic carbocycles. The topological polar surface area (TPSA) is 177 Å². The molecule has 2 saturated heterocycles. The van der Waals surface area contributed by atoms with Crippen LogP contribution in [-0.4, -0.2) is 130 Å². The van der Waals surface area contributed by atoms with Crippen LogP contribution in [0.15, 0.2) is 36.1 Å². The lowest BCUT2D eigenvalue weighted by Gasteiger charge is -2.64. The van der Waals surface area contributed by atoms with Gasteiger partial charge >= 0.3 is 12.1 Å². The molecular weight excluding hydrogens is 785 g/mol. The number of carbonyl (C=O) groups is 2. The first-order valence-corrected chi connectivity index (χ1v) is 22.8. The fourth-order valence-electron chi connectivity index (χ4n) is 13.7. The standard InChI is InChI=1S/C47H56N2O12/c50-30-9-7-28-22-34-46(54)13-11-32(41-44(46,37(28)39(30)60-41)15-17-48(34)24-26-3-4-26)58-36(52)2-1-19-56-20-21-57-43(53)59-33-12-14-47(55)35-23-29-8-10-31(51)40-38(29)45(47,42(33)61-40)16-18-49(35)25-27-5-6-27/h7-10,12,26-27,32,34-35,41-42,50-51,54-55H,1-6,11,13-25H2/t32?,34-,35-,41+,42+,44+,45+,46-,47-/m0/s1. The van der Waals surface area contributed by atoms with Crippen molar-refractivity contribution in [3.05, 3.63) is 58.4 Å². The molecular formula is C47H56N2O12. The van der Waals surface area contributed by atoms with Gasteiger partial charge in [0.25, 0.3) is 0 Å². The lowest BCUT2D eigenvalue weighted by Crippen LogP contribution is -2.77. The smallest absolute Gasteiger partial charge is 0.504 e. The van der Waals surface area contributed by atoms with E-state index in [0.29, 0.717) is 68.3 Å². The second kappa shape index (κ2) is 13.7. The van der Waals surface area contributed by atoms with Gasteiger partial charge in [0, 0.05) is 55.7 Å². The summed E-state index contributed by atoms with van der Waals surface area (Å²) in [7, 11) is 0. The number of esters is 1. The summed E-state index contributed by atoms with van der Waals surface area (Å²) in [4.78, 5) is 31.2. The van der Waals surface area contributed by atoms with Gasteiger partial charge in [0.15, 0.2) is 29.1 Å². The van der Waals surface area contributed by atoms with Crippen LogP contribution in [0, 0.1) is 11.8 Å². The molecule has 4 N–H and O–H groups in total. The predicted octanol–water partition coefficient (Wildman–Crippen LogP) is 4.28. The minimum Gasteiger partial charge on any atom is -0.504 e. The molecule has 4 bridgehead atoms. The number of piperidine rings is 2. The van der Waals surface area contributed by atoms with E-state index >= 15 is 0 Å². The third-order valence-corrected chi connectivity index (χ3v) is 16.7. The van der Waals surface area contributed by atoms with E-state index in [1.165, 1.54) is 25.7 Å². The summed E-state index contributed by atoms with van der Waals surface area (Å²) >= 11 is 0. The molecule has 4 aliphatic heterocycles. The third-order valence-electron chi connectivity index (χ3n) is 16.7. The number of ether oxygens (including phenoxy) is 6. The molecule has 3 saturated carbocycles. The van der Waals surface area contributed by atoms with Gasteiger partial charge < -0.3 is 48.8 Å². The number of carbonyl (C=O) groups excluding carboxylic acids is 2. The number of aromatic hydroxyl groups is 2. The van der Waals surface area contributed by atoms with E-state index in [1.807, 2.05) is 12.1 Å². The Kier molecular flexibility index (Phi) is 8.67. The van der Waals surface area contributed by atoms with Gasteiger partial charge in [0.1, 0.15) is 24.6 Å². The van der Waals surface area contributed by atoms with Crippen LogP contribution in [0.4, 0.5) is 4.79 Å². The van der Waals surface area contributed by atoms with Crippen molar-refractivity contribution >= 4 is 12.1 Å². The van der Waals surface area contributed by atoms with Crippen molar-refractivity contribution in [2.24, 2.45) is 11.8 Å². The Hall–Kier alpha value is -4.08. The molecule has 12 rings (SSSR count). The molecule has 14 heteroatoms. The van der Waals surface area contributed by atoms with Gasteiger partial charge in [0.2, 0.25) is 0 Å². The first-order chi connectivity index (χ1) is 29.5. The summed E-state index contributed by atoms with van der Waals surface area (Å²) in [5, 5.41) is 47.0. The molecule has 2 spiro atoms. The monoisotopic (exact) mass is 840 g/mol. The fraction of sp³-hybridized carbons (Fsp3) is 0.660. The molecule has 14 nitrogen and oxygen atoms in total. The Morgan fingerprint density at radius 1 is 0.754 bits per heavy atom. The van der Waals surface area contributed by atoms with Crippen LogP contribution in [0.25, 0.3) is 0 Å². The van der Waals surface area contributed by atoms with E-state index in [2.05, 4.69) is 9.80 Å². The Balaban J connectivity index is 0.637. The first kappa shape index (κ1) is 38.6. The summed E-state index contributed by atoms with van der Waals surface area (Å²) in [6.07, 6.45) is 8.25. The highest BCUT2D eigenvalue weighted by Gasteiger charge is 2.75. The molecule has 61 heavy (non-hydrogen) atoms. The van der Waals surface area contributed by atoms with Gasteiger partial charge in [-0.3, -0.25) is 14.6 Å². The van der Waals surface area contributed by atoms with Crippen LogP contribution in [0.1, 0.15) is 92.9 Å². The molecule has 10 aliphatic rings. The van der Waals surface area contributed by atoms with Gasteiger partial charge in [-0.25, -0.2) is 4.79 Å². The number of phenols is 2. The molecule has 1 unspecified atom stereocenters. The molecule has 6 aliphatic carbocycles. The first-order valence-electron chi connectivity index (χ1n) is 22.8. The largest absolute Gasteiger partial charge is 0.513 e. The summed E-state index contributed by atoms with van der Waals surface area (Å²) in [6, 6.07) is 7.09. The van der Waals surface area contributed by atoms with Crippen LogP contribution >= 0.6 is 0 Å². The second-order valence-electron chi connectivity index (χ2n) is 19.8. The molecule has 0 radical (unpaired) electrons. The summed E-state index contributed by atoms with van der Waals surface area (Å²) in [5.41, 5.74) is 0.0986. The second-order valence-corrected chi connectivity index (χ2v) is 19.8. The fourth-order valence-corrected chi connectivity index (χ4v) is 13.7. The number of nitrogens with zero attached hydrogens (tertiary/aromatic N) is 2. The van der Waals surface area contributed by atoms with Crippen LogP contribution in [0.2, 0.25) is 0 Å². The zero-order chi connectivity index (χ0) is 41.5. The van der Waals surface area contributed by atoms with Crippen LogP contribution in [0.5, 0.6) is 23.0 Å². The van der Waals surface area contributed by atoms with Crippen molar-refractivity contribution in [1.82, 2.24) is 9.80 Å². The van der Waals surface area contributed by atoms with Crippen molar-refractivity contribution in [1.29, 1.82) is 0 Å². The maximum Gasteiger partial charge on any atom is 0.513 e. The lowest BCUT2D eigenvalue weighted by molar-refractivity contribution is -0.216. The van der Waals surface area contributed by atoms with Crippen molar-refractivity contribution < 1.29 is 58.4 Å². The number of hydrogen-bond donors (Lipinski definition) is 4. The number of rotatable bonds is 13. The average molecular weight is 841 g/mol. The number of aliphatic hydroxyl groups is 2. The highest BCUT2D eigenvalue weighted by Crippen LogP contribution is 2.67. The summed E-state index contributed by atoms with van der Waals surface area (Å²) < 4.78 is 36.0. The Bertz CT molecular complexity index is 2210. The van der Waals surface area contributed by atoms with Crippen LogP contribution in [0.3, 0.4) is 0 Å². The van der Waals surface area contributed by atoms with E-state index in [4.69, 9.17) is 28.4 Å². The zero-order valence-electron chi connectivity index (χ0n) is 34.5. The molecule has 5 fully saturated rings. The van der Waals surface area contributed by atoms with E-state index in [1.54, 1.807) is 18.2 Å². The summed E-state index contributed by atoms with van der Waals surface area (Å²) in [5.74, 6) is 2.13. The molecule has 0 amide bonds. The zero-order valence-corrected chi connectivity index (χ0v) is 34.5. The Morgan fingerprint density at radius 2 is 1.39 bits per heavy atom. The summed E-state index contributed by atoms with van der Waals surface area (Å²) in [6.45, 7) is 3.84. The van der Waals surface area contributed by atoms with Crippen molar-refractivity contribution in [3.63, 3.8) is 0 Å². The Morgan fingerprint density at radius 3 is 2.08 bits per heavy atom. The Labute approximate surface area is 354 Å². The number of likely N-dealkylation sites (tertiary alicyclic amines) is 2. The predicted molar refractivity (Wildman–Crippen MR) is 215 cm³/mol. The third kappa shape index (κ3) is 5.50. The molecule has 2 aromatic rings. The number of hydrogen-bond acceptors (Lipinski definition) is 14. The van der Waals surface area contributed by atoms with Gasteiger partial charge in [-0.1, -0.05) is 12.1 Å².